The van der Waals surface area contributed by atoms with Crippen LogP contribution in [0.2, 0.25) is 0 Å². The first kappa shape index (κ1) is 13.2. The van der Waals surface area contributed by atoms with Gasteiger partial charge in [-0.1, -0.05) is 5.57 Å². The second kappa shape index (κ2) is 4.93. The molecule has 1 N–H and O–H groups in total. The molecule has 106 valence electrons. The van der Waals surface area contributed by atoms with E-state index in [-0.39, 0.29) is 23.3 Å². The number of hydrogen-bond donors (Lipinski definition) is 1. The summed E-state index contributed by atoms with van der Waals surface area (Å²) in [6.45, 7) is 0.497. The van der Waals surface area contributed by atoms with Gasteiger partial charge in [0.05, 0.1) is 11.5 Å². The number of nitrogens with one attached hydrogen (secondary N) is 1. The van der Waals surface area contributed by atoms with Crippen LogP contribution in [0, 0.1) is 17.8 Å². The number of allylic oxidation sites excluding steroid dienone is 1. The lowest BCUT2D eigenvalue weighted by atomic mass is 10.1. The monoisotopic (exact) mass is 283 g/mol. The largest absolute Gasteiger partial charge is 0.352 e. The minimum absolute atomic E-state index is 0.0295. The molecule has 0 aromatic rings. The molecule has 0 bridgehead atoms. The van der Waals surface area contributed by atoms with Crippen molar-refractivity contribution in [1.82, 2.24) is 5.32 Å². The Labute approximate surface area is 114 Å². The van der Waals surface area contributed by atoms with Crippen LogP contribution in [0.1, 0.15) is 32.1 Å². The van der Waals surface area contributed by atoms with E-state index in [4.69, 9.17) is 0 Å². The predicted molar refractivity (Wildman–Crippen MR) is 73.3 cm³/mol. The number of sulfone groups is 1. The predicted octanol–water partition coefficient (Wildman–Crippen LogP) is 1.28. The van der Waals surface area contributed by atoms with Gasteiger partial charge in [0, 0.05) is 12.6 Å². The van der Waals surface area contributed by atoms with E-state index in [1.54, 1.807) is 6.08 Å². The van der Waals surface area contributed by atoms with E-state index in [2.05, 4.69) is 5.32 Å². The second-order valence-electron chi connectivity index (χ2n) is 6.21. The minimum Gasteiger partial charge on any atom is -0.352 e. The van der Waals surface area contributed by atoms with Crippen molar-refractivity contribution in [3.8, 4) is 0 Å². The van der Waals surface area contributed by atoms with Crippen molar-refractivity contribution in [2.75, 3.05) is 18.1 Å². The molecule has 0 unspecified atom stereocenters. The number of hydrogen-bond acceptors (Lipinski definition) is 3. The molecule has 1 aliphatic heterocycles. The second-order valence-corrected chi connectivity index (χ2v) is 8.44. The average Bonchev–Trinajstić information content (AvgIpc) is 3.23. The topological polar surface area (TPSA) is 63.2 Å². The van der Waals surface area contributed by atoms with Gasteiger partial charge in [-0.25, -0.2) is 8.42 Å². The molecule has 0 radical (unpaired) electrons. The summed E-state index contributed by atoms with van der Waals surface area (Å²) >= 11 is 0. The highest BCUT2D eigenvalue weighted by Gasteiger charge is 2.36. The summed E-state index contributed by atoms with van der Waals surface area (Å²) in [7, 11) is -2.84. The summed E-state index contributed by atoms with van der Waals surface area (Å²) in [6.07, 6.45) is 7.41. The first-order chi connectivity index (χ1) is 9.03. The van der Waals surface area contributed by atoms with Crippen molar-refractivity contribution in [2.45, 2.75) is 32.1 Å². The number of carbonyl (C=O) groups is 1. The van der Waals surface area contributed by atoms with Gasteiger partial charge in [-0.3, -0.25) is 4.79 Å². The molecule has 4 nitrogen and oxygen atoms in total. The van der Waals surface area contributed by atoms with Crippen LogP contribution in [-0.2, 0) is 14.6 Å². The first-order valence-electron chi connectivity index (χ1n) is 7.23. The summed E-state index contributed by atoms with van der Waals surface area (Å²) < 4.78 is 22.7. The maximum absolute atomic E-state index is 11.9. The Morgan fingerprint density at radius 1 is 1.11 bits per heavy atom. The highest BCUT2D eigenvalue weighted by Crippen LogP contribution is 2.48. The molecule has 5 heteroatoms. The van der Waals surface area contributed by atoms with Crippen LogP contribution < -0.4 is 5.32 Å². The molecule has 19 heavy (non-hydrogen) atoms. The molecule has 1 saturated heterocycles. The molecule has 2 saturated carbocycles. The van der Waals surface area contributed by atoms with Crippen LogP contribution in [0.3, 0.4) is 0 Å². The SMILES string of the molecule is O=C(C=C(C1CC1)C1CC1)NC[C@H]1CCS(=O)(=O)C1. The fourth-order valence-electron chi connectivity index (χ4n) is 2.88. The third kappa shape index (κ3) is 3.59. The number of rotatable bonds is 5. The fraction of sp³-hybridized carbons (Fsp3) is 0.786. The molecule has 0 aromatic heterocycles. The van der Waals surface area contributed by atoms with Gasteiger partial charge in [-0.05, 0) is 49.9 Å². The minimum atomic E-state index is -2.84. The third-order valence-corrected chi connectivity index (χ3v) is 6.12. The van der Waals surface area contributed by atoms with Crippen LogP contribution >= 0.6 is 0 Å². The molecule has 0 spiro atoms. The summed E-state index contributed by atoms with van der Waals surface area (Å²) in [6, 6.07) is 0. The summed E-state index contributed by atoms with van der Waals surface area (Å²) in [5, 5.41) is 2.88. The van der Waals surface area contributed by atoms with E-state index in [0.717, 1.165) is 0 Å². The normalized spacial score (nSPS) is 28.9. The van der Waals surface area contributed by atoms with Crippen LogP contribution in [0.5, 0.6) is 0 Å². The lowest BCUT2D eigenvalue weighted by Crippen LogP contribution is -2.28. The number of amides is 1. The van der Waals surface area contributed by atoms with Gasteiger partial charge >= 0.3 is 0 Å². The lowest BCUT2D eigenvalue weighted by Gasteiger charge is -2.09. The summed E-state index contributed by atoms with van der Waals surface area (Å²) in [4.78, 5) is 11.9. The van der Waals surface area contributed by atoms with Gasteiger partial charge in [-0.2, -0.15) is 0 Å². The van der Waals surface area contributed by atoms with E-state index in [0.29, 0.717) is 24.8 Å². The standard InChI is InChI=1S/C14H21NO3S/c16-14(7-13(11-1-2-11)12-3-4-12)15-8-10-5-6-19(17,18)9-10/h7,10-12H,1-6,8-9H2,(H,15,16)/t10-/m1/s1. The van der Waals surface area contributed by atoms with Gasteiger partial charge in [-0.15, -0.1) is 0 Å². The van der Waals surface area contributed by atoms with E-state index in [1.165, 1.54) is 31.3 Å². The Bertz CT molecular complexity index is 487. The molecule has 1 heterocycles. The Hall–Kier alpha value is -0.840. The highest BCUT2D eigenvalue weighted by molar-refractivity contribution is 7.91. The van der Waals surface area contributed by atoms with E-state index < -0.39 is 9.84 Å². The smallest absolute Gasteiger partial charge is 0.243 e. The van der Waals surface area contributed by atoms with E-state index in [1.807, 2.05) is 0 Å². The van der Waals surface area contributed by atoms with Crippen molar-refractivity contribution in [2.24, 2.45) is 17.8 Å². The molecule has 1 atom stereocenters. The average molecular weight is 283 g/mol. The lowest BCUT2D eigenvalue weighted by molar-refractivity contribution is -0.116. The maximum Gasteiger partial charge on any atom is 0.243 e. The zero-order valence-electron chi connectivity index (χ0n) is 11.1. The van der Waals surface area contributed by atoms with Crippen LogP contribution in [0.15, 0.2) is 11.6 Å². The molecular weight excluding hydrogens is 262 g/mol. The molecule has 0 aromatic carbocycles. The van der Waals surface area contributed by atoms with Crippen molar-refractivity contribution < 1.29 is 13.2 Å². The zero-order chi connectivity index (χ0) is 13.5. The van der Waals surface area contributed by atoms with Gasteiger partial charge in [0.15, 0.2) is 9.84 Å². The van der Waals surface area contributed by atoms with Crippen molar-refractivity contribution >= 4 is 15.7 Å². The Balaban J connectivity index is 1.50. The highest BCUT2D eigenvalue weighted by atomic mass is 32.2. The molecule has 3 fully saturated rings. The van der Waals surface area contributed by atoms with Gasteiger partial charge < -0.3 is 5.32 Å². The van der Waals surface area contributed by atoms with E-state index >= 15 is 0 Å². The summed E-state index contributed by atoms with van der Waals surface area (Å²) in [5.41, 5.74) is 1.34. The fourth-order valence-corrected chi connectivity index (χ4v) is 4.74. The molecular formula is C14H21NO3S. The zero-order valence-corrected chi connectivity index (χ0v) is 11.9. The van der Waals surface area contributed by atoms with Crippen LogP contribution in [0.25, 0.3) is 0 Å². The van der Waals surface area contributed by atoms with Crippen LogP contribution in [-0.4, -0.2) is 32.4 Å². The summed E-state index contributed by atoms with van der Waals surface area (Å²) in [5.74, 6) is 1.90. The van der Waals surface area contributed by atoms with Gasteiger partial charge in [0.2, 0.25) is 5.91 Å². The van der Waals surface area contributed by atoms with E-state index in [9.17, 15) is 13.2 Å². The third-order valence-electron chi connectivity index (χ3n) is 4.29. The maximum atomic E-state index is 11.9. The Morgan fingerprint density at radius 3 is 2.21 bits per heavy atom. The van der Waals surface area contributed by atoms with Crippen molar-refractivity contribution in [1.29, 1.82) is 0 Å². The van der Waals surface area contributed by atoms with Gasteiger partial charge in [0.25, 0.3) is 0 Å². The first-order valence-corrected chi connectivity index (χ1v) is 9.05. The Morgan fingerprint density at radius 2 is 1.74 bits per heavy atom. The van der Waals surface area contributed by atoms with Crippen molar-refractivity contribution in [3.05, 3.63) is 11.6 Å². The molecule has 1 amide bonds. The molecule has 3 rings (SSSR count). The Kier molecular flexibility index (Phi) is 3.41. The molecule has 3 aliphatic rings. The van der Waals surface area contributed by atoms with Crippen molar-refractivity contribution in [3.63, 3.8) is 0 Å². The van der Waals surface area contributed by atoms with Crippen LogP contribution in [0.4, 0.5) is 0 Å². The molecule has 2 aliphatic carbocycles. The number of carbonyl (C=O) groups excluding carboxylic acids is 1. The quantitative estimate of drug-likeness (QED) is 0.773. The van der Waals surface area contributed by atoms with Gasteiger partial charge in [0.1, 0.15) is 0 Å².